The van der Waals surface area contributed by atoms with E-state index in [-0.39, 0.29) is 0 Å². The summed E-state index contributed by atoms with van der Waals surface area (Å²) in [6.45, 7) is 0. The Morgan fingerprint density at radius 1 is 0.636 bits per heavy atom. The molecule has 0 amide bonds. The summed E-state index contributed by atoms with van der Waals surface area (Å²) in [4.78, 5) is 0. The van der Waals surface area contributed by atoms with E-state index >= 15 is 0 Å². The fraction of sp³-hybridized carbons (Fsp3) is 0.103. The van der Waals surface area contributed by atoms with Gasteiger partial charge in [-0.2, -0.15) is 0 Å². The Labute approximate surface area is 191 Å². The van der Waals surface area contributed by atoms with Gasteiger partial charge < -0.3 is 18.9 Å². The van der Waals surface area contributed by atoms with Gasteiger partial charge in [-0.05, 0) is 42.5 Å². The molecule has 0 fully saturated rings. The average molecular weight is 434 g/mol. The minimum absolute atomic E-state index is 0.741. The molecule has 0 bridgehead atoms. The number of methoxy groups -OCH3 is 2. The molecule has 33 heavy (non-hydrogen) atoms. The first-order valence-electron chi connectivity index (χ1n) is 10.8. The largest absolute Gasteiger partial charge is 0.497 e. The van der Waals surface area contributed by atoms with Crippen LogP contribution in [-0.2, 0) is 5.60 Å². The second-order valence-electron chi connectivity index (χ2n) is 8.13. The van der Waals surface area contributed by atoms with Crippen molar-refractivity contribution in [1.29, 1.82) is 0 Å². The zero-order valence-corrected chi connectivity index (χ0v) is 18.4. The third-order valence-corrected chi connectivity index (χ3v) is 6.27. The highest BCUT2D eigenvalue weighted by molar-refractivity contribution is 5.69. The molecule has 0 aliphatic carbocycles. The van der Waals surface area contributed by atoms with E-state index in [9.17, 15) is 0 Å². The molecule has 0 spiro atoms. The van der Waals surface area contributed by atoms with E-state index in [1.807, 2.05) is 66.7 Å². The van der Waals surface area contributed by atoms with Crippen LogP contribution in [0.3, 0.4) is 0 Å². The van der Waals surface area contributed by atoms with Crippen LogP contribution in [0.1, 0.15) is 16.7 Å². The van der Waals surface area contributed by atoms with Crippen molar-refractivity contribution in [3.8, 4) is 28.7 Å². The number of benzene rings is 4. The molecule has 0 atom stereocenters. The molecule has 162 valence electrons. The number of hydrogen-bond donors (Lipinski definition) is 0. The Hall–Kier alpha value is -4.18. The smallest absolute Gasteiger partial charge is 0.179 e. The van der Waals surface area contributed by atoms with Crippen LogP contribution in [-0.4, -0.2) is 14.2 Å². The van der Waals surface area contributed by atoms with Gasteiger partial charge in [0.25, 0.3) is 0 Å². The molecule has 0 saturated carbocycles. The molecule has 2 heterocycles. The van der Waals surface area contributed by atoms with Crippen LogP contribution in [0.5, 0.6) is 28.7 Å². The fourth-order valence-electron chi connectivity index (χ4n) is 4.54. The van der Waals surface area contributed by atoms with Crippen LogP contribution in [0.25, 0.3) is 12.2 Å². The van der Waals surface area contributed by atoms with Gasteiger partial charge >= 0.3 is 0 Å². The number of fused-ring (bicyclic) bond motifs is 4. The van der Waals surface area contributed by atoms with Crippen LogP contribution in [0.4, 0.5) is 0 Å². The summed E-state index contributed by atoms with van der Waals surface area (Å²) < 4.78 is 23.9. The maximum Gasteiger partial charge on any atom is 0.179 e. The molecule has 4 heteroatoms. The molecular weight excluding hydrogens is 412 g/mol. The minimum atomic E-state index is -0.809. The SMILES string of the molecule is COc1ccc(C2(c3ccc(OC)cc3)C=c3ccc4c(c3O2)Oc2ccccc2C=4)cc1. The molecule has 0 radical (unpaired) electrons. The zero-order chi connectivity index (χ0) is 22.4. The molecule has 0 N–H and O–H groups in total. The Morgan fingerprint density at radius 2 is 1.24 bits per heavy atom. The Balaban J connectivity index is 1.53. The summed E-state index contributed by atoms with van der Waals surface area (Å²) >= 11 is 0. The topological polar surface area (TPSA) is 36.9 Å². The number of para-hydroxylation sites is 1. The lowest BCUT2D eigenvalue weighted by Gasteiger charge is -2.30. The predicted molar refractivity (Wildman–Crippen MR) is 128 cm³/mol. The van der Waals surface area contributed by atoms with Crippen molar-refractivity contribution in [3.63, 3.8) is 0 Å². The van der Waals surface area contributed by atoms with Gasteiger partial charge in [0.05, 0.1) is 14.2 Å². The summed E-state index contributed by atoms with van der Waals surface area (Å²) in [6, 6.07) is 28.2. The zero-order valence-electron chi connectivity index (χ0n) is 18.4. The van der Waals surface area contributed by atoms with Crippen molar-refractivity contribution in [1.82, 2.24) is 0 Å². The first-order valence-corrected chi connectivity index (χ1v) is 10.8. The highest BCUT2D eigenvalue weighted by Crippen LogP contribution is 2.44. The maximum atomic E-state index is 6.84. The number of rotatable bonds is 4. The van der Waals surface area contributed by atoms with Crippen molar-refractivity contribution in [3.05, 3.63) is 112 Å². The number of hydrogen-bond acceptors (Lipinski definition) is 4. The van der Waals surface area contributed by atoms with Crippen LogP contribution in [0, 0.1) is 0 Å². The Kier molecular flexibility index (Phi) is 4.40. The summed E-state index contributed by atoms with van der Waals surface area (Å²) in [6.07, 6.45) is 4.30. The van der Waals surface area contributed by atoms with Gasteiger partial charge in [0, 0.05) is 27.1 Å². The molecule has 0 unspecified atom stereocenters. The first kappa shape index (κ1) is 19.5. The predicted octanol–water partition coefficient (Wildman–Crippen LogP) is 4.76. The molecule has 4 nitrogen and oxygen atoms in total. The van der Waals surface area contributed by atoms with E-state index in [4.69, 9.17) is 18.9 Å². The van der Waals surface area contributed by atoms with Crippen LogP contribution >= 0.6 is 0 Å². The molecule has 0 aromatic heterocycles. The highest BCUT2D eigenvalue weighted by Gasteiger charge is 2.40. The van der Waals surface area contributed by atoms with Gasteiger partial charge in [-0.15, -0.1) is 0 Å². The lowest BCUT2D eigenvalue weighted by molar-refractivity contribution is 0.186. The fourth-order valence-corrected chi connectivity index (χ4v) is 4.54. The second-order valence-corrected chi connectivity index (χ2v) is 8.13. The third kappa shape index (κ3) is 3.06. The van der Waals surface area contributed by atoms with E-state index in [1.165, 1.54) is 0 Å². The van der Waals surface area contributed by atoms with E-state index in [0.29, 0.717) is 0 Å². The van der Waals surface area contributed by atoms with Gasteiger partial charge in [-0.25, -0.2) is 0 Å². The summed E-state index contributed by atoms with van der Waals surface area (Å²) in [5, 5.41) is 1.99. The molecule has 4 aromatic rings. The van der Waals surface area contributed by atoms with E-state index < -0.39 is 5.60 Å². The van der Waals surface area contributed by atoms with E-state index in [0.717, 1.165) is 55.9 Å². The van der Waals surface area contributed by atoms with Crippen LogP contribution in [0.15, 0.2) is 84.9 Å². The highest BCUT2D eigenvalue weighted by atomic mass is 16.5. The standard InChI is InChI=1S/C29H22O4/c1-30-24-13-9-22(10-14-24)29(23-11-15-25(31-2)16-12-23)18-21-8-7-20-17-19-5-3-4-6-26(19)32-27(20)28(21)33-29/h3-18H,1-2H3. The van der Waals surface area contributed by atoms with Crippen LogP contribution in [0.2, 0.25) is 0 Å². The molecule has 0 saturated heterocycles. The maximum absolute atomic E-state index is 6.84. The van der Waals surface area contributed by atoms with Gasteiger partial charge in [-0.3, -0.25) is 0 Å². The van der Waals surface area contributed by atoms with E-state index in [1.54, 1.807) is 14.2 Å². The van der Waals surface area contributed by atoms with Gasteiger partial charge in [0.15, 0.2) is 17.1 Å². The summed E-state index contributed by atoms with van der Waals surface area (Å²) in [7, 11) is 3.33. The average Bonchev–Trinajstić information content (AvgIpc) is 3.29. The third-order valence-electron chi connectivity index (χ3n) is 6.27. The van der Waals surface area contributed by atoms with Crippen LogP contribution < -0.4 is 29.4 Å². The Bertz CT molecular complexity index is 1420. The normalized spacial score (nSPS) is 14.4. The lowest BCUT2D eigenvalue weighted by atomic mass is 9.86. The molecule has 4 aromatic carbocycles. The quantitative estimate of drug-likeness (QED) is 0.409. The van der Waals surface area contributed by atoms with Gasteiger partial charge in [0.1, 0.15) is 17.2 Å². The molecule has 2 aliphatic rings. The van der Waals surface area contributed by atoms with Crippen molar-refractivity contribution >= 4 is 12.2 Å². The summed E-state index contributed by atoms with van der Waals surface area (Å²) in [5.74, 6) is 3.90. The van der Waals surface area contributed by atoms with Crippen molar-refractivity contribution < 1.29 is 18.9 Å². The number of ether oxygens (including phenoxy) is 4. The molecule has 2 aliphatic heterocycles. The molecule has 6 rings (SSSR count). The first-order chi connectivity index (χ1) is 16.2. The Morgan fingerprint density at radius 3 is 1.88 bits per heavy atom. The molecular formula is C29H22O4. The van der Waals surface area contributed by atoms with Gasteiger partial charge in [0.2, 0.25) is 0 Å². The van der Waals surface area contributed by atoms with Crippen molar-refractivity contribution in [2.75, 3.05) is 14.2 Å². The van der Waals surface area contributed by atoms with Crippen molar-refractivity contribution in [2.45, 2.75) is 5.60 Å². The monoisotopic (exact) mass is 434 g/mol. The second kappa shape index (κ2) is 7.45. The van der Waals surface area contributed by atoms with Gasteiger partial charge in [-0.1, -0.05) is 54.6 Å². The lowest BCUT2D eigenvalue weighted by Crippen LogP contribution is -2.29. The minimum Gasteiger partial charge on any atom is -0.497 e. The summed E-state index contributed by atoms with van der Waals surface area (Å²) in [5.41, 5.74) is 2.25. The van der Waals surface area contributed by atoms with Crippen molar-refractivity contribution in [2.24, 2.45) is 0 Å². The van der Waals surface area contributed by atoms with E-state index in [2.05, 4.69) is 30.4 Å².